The third-order valence-electron chi connectivity index (χ3n) is 2.54. The van der Waals surface area contributed by atoms with E-state index < -0.39 is 0 Å². The first-order valence-corrected chi connectivity index (χ1v) is 6.32. The number of hydrogen-bond acceptors (Lipinski definition) is 2. The van der Waals surface area contributed by atoms with Crippen molar-refractivity contribution < 1.29 is 4.84 Å². The third kappa shape index (κ3) is 6.59. The summed E-state index contributed by atoms with van der Waals surface area (Å²) < 4.78 is 0. The minimum atomic E-state index is 0.833. The Balaban J connectivity index is 1.89. The molecule has 1 aromatic carbocycles. The summed E-state index contributed by atoms with van der Waals surface area (Å²) in [5.41, 5.74) is 4.41. The van der Waals surface area contributed by atoms with Gasteiger partial charge in [-0.25, -0.2) is 5.48 Å². The van der Waals surface area contributed by atoms with Crippen molar-refractivity contribution in [3.63, 3.8) is 0 Å². The number of hydrogen-bond donors (Lipinski definition) is 1. The molecule has 2 nitrogen and oxygen atoms in total. The molecule has 2 heteroatoms. The van der Waals surface area contributed by atoms with Crippen molar-refractivity contribution in [3.05, 3.63) is 35.9 Å². The molecule has 1 N–H and O–H groups in total. The van der Waals surface area contributed by atoms with E-state index in [4.69, 9.17) is 4.84 Å². The van der Waals surface area contributed by atoms with Gasteiger partial charge in [-0.15, -0.1) is 0 Å². The fraction of sp³-hybridized carbons (Fsp3) is 0.571. The van der Waals surface area contributed by atoms with Gasteiger partial charge in [-0.2, -0.15) is 0 Å². The van der Waals surface area contributed by atoms with Crippen LogP contribution in [0.5, 0.6) is 0 Å². The van der Waals surface area contributed by atoms with E-state index in [9.17, 15) is 0 Å². The van der Waals surface area contributed by atoms with Gasteiger partial charge in [-0.3, -0.25) is 0 Å². The number of rotatable bonds is 9. The molecule has 0 spiro atoms. The number of hydroxylamine groups is 1. The summed E-state index contributed by atoms with van der Waals surface area (Å²) in [6.07, 6.45) is 5.90. The lowest BCUT2D eigenvalue weighted by Crippen LogP contribution is -2.17. The molecule has 16 heavy (non-hydrogen) atoms. The van der Waals surface area contributed by atoms with Gasteiger partial charge in [0.1, 0.15) is 0 Å². The number of aryl methyl sites for hydroxylation is 1. The monoisotopic (exact) mass is 221 g/mol. The van der Waals surface area contributed by atoms with Gasteiger partial charge in [0.05, 0.1) is 6.61 Å². The highest BCUT2D eigenvalue weighted by Crippen LogP contribution is 2.01. The van der Waals surface area contributed by atoms with E-state index in [0.717, 1.165) is 32.4 Å². The summed E-state index contributed by atoms with van der Waals surface area (Å²) in [5, 5.41) is 0. The Morgan fingerprint density at radius 3 is 2.62 bits per heavy atom. The van der Waals surface area contributed by atoms with E-state index >= 15 is 0 Å². The molecule has 0 atom stereocenters. The van der Waals surface area contributed by atoms with Crippen molar-refractivity contribution in [2.24, 2.45) is 0 Å². The summed E-state index contributed by atoms with van der Waals surface area (Å²) in [6.45, 7) is 3.97. The smallest absolute Gasteiger partial charge is 0.0682 e. The van der Waals surface area contributed by atoms with Crippen LogP contribution in [0.2, 0.25) is 0 Å². The zero-order valence-electron chi connectivity index (χ0n) is 10.2. The van der Waals surface area contributed by atoms with Gasteiger partial charge in [0.15, 0.2) is 0 Å². The normalized spacial score (nSPS) is 10.6. The highest BCUT2D eigenvalue weighted by Gasteiger charge is 1.92. The molecular weight excluding hydrogens is 198 g/mol. The van der Waals surface area contributed by atoms with Crippen LogP contribution >= 0.6 is 0 Å². The predicted molar refractivity (Wildman–Crippen MR) is 68.2 cm³/mol. The highest BCUT2D eigenvalue weighted by atomic mass is 16.6. The van der Waals surface area contributed by atoms with E-state index in [1.807, 2.05) is 0 Å². The number of benzene rings is 1. The highest BCUT2D eigenvalue weighted by molar-refractivity contribution is 5.14. The molecule has 0 saturated heterocycles. The maximum absolute atomic E-state index is 5.32. The molecule has 90 valence electrons. The third-order valence-corrected chi connectivity index (χ3v) is 2.54. The molecule has 0 aromatic heterocycles. The average molecular weight is 221 g/mol. The SMILES string of the molecule is CCCCCONCCCc1ccccc1. The van der Waals surface area contributed by atoms with Gasteiger partial charge in [-0.05, 0) is 24.8 Å². The van der Waals surface area contributed by atoms with Crippen LogP contribution in [0.3, 0.4) is 0 Å². The van der Waals surface area contributed by atoms with E-state index in [2.05, 4.69) is 42.7 Å². The molecule has 0 aliphatic rings. The lowest BCUT2D eigenvalue weighted by molar-refractivity contribution is 0.0383. The van der Waals surface area contributed by atoms with Crippen LogP contribution in [0.15, 0.2) is 30.3 Å². The summed E-state index contributed by atoms with van der Waals surface area (Å²) in [7, 11) is 0. The molecule has 0 fully saturated rings. The molecule has 0 unspecified atom stereocenters. The topological polar surface area (TPSA) is 21.3 Å². The summed E-state index contributed by atoms with van der Waals surface area (Å²) in [4.78, 5) is 5.32. The molecule has 0 bridgehead atoms. The van der Waals surface area contributed by atoms with Crippen molar-refractivity contribution in [1.29, 1.82) is 0 Å². The molecule has 0 aliphatic carbocycles. The fourth-order valence-electron chi connectivity index (χ4n) is 1.58. The first-order valence-electron chi connectivity index (χ1n) is 6.32. The maximum atomic E-state index is 5.32. The van der Waals surface area contributed by atoms with Gasteiger partial charge in [-0.1, -0.05) is 50.1 Å². The zero-order valence-corrected chi connectivity index (χ0v) is 10.2. The van der Waals surface area contributed by atoms with Crippen molar-refractivity contribution in [1.82, 2.24) is 5.48 Å². The maximum Gasteiger partial charge on any atom is 0.0682 e. The summed E-state index contributed by atoms with van der Waals surface area (Å²) in [6, 6.07) is 10.6. The first kappa shape index (κ1) is 13.2. The second kappa shape index (κ2) is 9.37. The van der Waals surface area contributed by atoms with Gasteiger partial charge >= 0.3 is 0 Å². The van der Waals surface area contributed by atoms with Crippen molar-refractivity contribution >= 4 is 0 Å². The van der Waals surface area contributed by atoms with Crippen LogP contribution in [0.25, 0.3) is 0 Å². The van der Waals surface area contributed by atoms with Gasteiger partial charge in [0.2, 0.25) is 0 Å². The standard InChI is InChI=1S/C14H23NO/c1-2-3-7-13-16-15-12-8-11-14-9-5-4-6-10-14/h4-6,9-10,15H,2-3,7-8,11-13H2,1H3. The molecule has 0 aliphatic heterocycles. The molecule has 1 rings (SSSR count). The van der Waals surface area contributed by atoms with Crippen molar-refractivity contribution in [3.8, 4) is 0 Å². The van der Waals surface area contributed by atoms with Gasteiger partial charge in [0, 0.05) is 6.54 Å². The molecule has 1 aromatic rings. The summed E-state index contributed by atoms with van der Waals surface area (Å²) >= 11 is 0. The number of nitrogens with one attached hydrogen (secondary N) is 1. The Morgan fingerprint density at radius 1 is 1.06 bits per heavy atom. The zero-order chi connectivity index (χ0) is 11.5. The second-order valence-electron chi connectivity index (χ2n) is 4.04. The minimum Gasteiger partial charge on any atom is -0.302 e. The second-order valence-corrected chi connectivity index (χ2v) is 4.04. The quantitative estimate of drug-likeness (QED) is 0.510. The Kier molecular flexibility index (Phi) is 7.74. The van der Waals surface area contributed by atoms with Crippen molar-refractivity contribution in [2.45, 2.75) is 39.0 Å². The van der Waals surface area contributed by atoms with Crippen LogP contribution < -0.4 is 5.48 Å². The Morgan fingerprint density at radius 2 is 1.88 bits per heavy atom. The van der Waals surface area contributed by atoms with Gasteiger partial charge < -0.3 is 4.84 Å². The van der Waals surface area contributed by atoms with Crippen LogP contribution in [-0.4, -0.2) is 13.2 Å². The Labute approximate surface area is 99.0 Å². The summed E-state index contributed by atoms with van der Waals surface area (Å²) in [5.74, 6) is 0. The van der Waals surface area contributed by atoms with Crippen molar-refractivity contribution in [2.75, 3.05) is 13.2 Å². The van der Waals surface area contributed by atoms with E-state index in [0.29, 0.717) is 0 Å². The minimum absolute atomic E-state index is 0.833. The largest absolute Gasteiger partial charge is 0.302 e. The molecule has 0 amide bonds. The predicted octanol–water partition coefficient (Wildman–Crippen LogP) is 3.33. The van der Waals surface area contributed by atoms with Crippen LogP contribution in [0.4, 0.5) is 0 Å². The van der Waals surface area contributed by atoms with Gasteiger partial charge in [0.25, 0.3) is 0 Å². The molecule has 0 heterocycles. The lowest BCUT2D eigenvalue weighted by atomic mass is 10.1. The first-order chi connectivity index (χ1) is 7.93. The van der Waals surface area contributed by atoms with Crippen LogP contribution in [0, 0.1) is 0 Å². The average Bonchev–Trinajstić information content (AvgIpc) is 2.34. The lowest BCUT2D eigenvalue weighted by Gasteiger charge is -2.05. The molecule has 0 saturated carbocycles. The Bertz CT molecular complexity index is 248. The van der Waals surface area contributed by atoms with E-state index in [-0.39, 0.29) is 0 Å². The molecule has 0 radical (unpaired) electrons. The van der Waals surface area contributed by atoms with E-state index in [1.165, 1.54) is 18.4 Å². The fourth-order valence-corrected chi connectivity index (χ4v) is 1.58. The van der Waals surface area contributed by atoms with Crippen LogP contribution in [0.1, 0.15) is 38.2 Å². The Hall–Kier alpha value is -0.860. The van der Waals surface area contributed by atoms with Crippen LogP contribution in [-0.2, 0) is 11.3 Å². The number of unbranched alkanes of at least 4 members (excludes halogenated alkanes) is 2. The molecular formula is C14H23NO. The van der Waals surface area contributed by atoms with E-state index in [1.54, 1.807) is 0 Å².